The average Bonchev–Trinajstić information content (AvgIpc) is 2.31. The quantitative estimate of drug-likeness (QED) is 0.795. The lowest BCUT2D eigenvalue weighted by Gasteiger charge is -2.25. The lowest BCUT2D eigenvalue weighted by molar-refractivity contribution is -0.119. The van der Waals surface area contributed by atoms with Crippen molar-refractivity contribution in [3.63, 3.8) is 0 Å². The molecular formula is C14H22N2O. The highest BCUT2D eigenvalue weighted by atomic mass is 16.1. The molecule has 3 N–H and O–H groups in total. The second kappa shape index (κ2) is 6.28. The Balaban J connectivity index is 2.87. The first-order chi connectivity index (χ1) is 8.10. The Morgan fingerprint density at radius 2 is 1.88 bits per heavy atom. The van der Waals surface area contributed by atoms with E-state index in [-0.39, 0.29) is 17.9 Å². The second-order valence-electron chi connectivity index (χ2n) is 4.42. The predicted molar refractivity (Wildman–Crippen MR) is 71.9 cm³/mol. The molecule has 0 heterocycles. The molecule has 0 saturated carbocycles. The summed E-state index contributed by atoms with van der Waals surface area (Å²) in [4.78, 5) is 11.5. The van der Waals surface area contributed by atoms with E-state index >= 15 is 0 Å². The fraction of sp³-hybridized carbons (Fsp3) is 0.500. The molecule has 0 radical (unpaired) electrons. The van der Waals surface area contributed by atoms with E-state index in [1.165, 1.54) is 0 Å². The van der Waals surface area contributed by atoms with Crippen molar-refractivity contribution in [1.29, 1.82) is 0 Å². The monoisotopic (exact) mass is 234 g/mol. The van der Waals surface area contributed by atoms with Gasteiger partial charge >= 0.3 is 0 Å². The van der Waals surface area contributed by atoms with Gasteiger partial charge in [-0.1, -0.05) is 44.9 Å². The Bertz CT molecular complexity index is 372. The van der Waals surface area contributed by atoms with Gasteiger partial charge in [-0.2, -0.15) is 0 Å². The molecule has 3 heteroatoms. The van der Waals surface area contributed by atoms with E-state index < -0.39 is 0 Å². The van der Waals surface area contributed by atoms with Crippen LogP contribution in [0.1, 0.15) is 32.3 Å². The van der Waals surface area contributed by atoms with Crippen molar-refractivity contribution < 1.29 is 4.79 Å². The lowest BCUT2D eigenvalue weighted by Crippen LogP contribution is -2.41. The first kappa shape index (κ1) is 13.6. The minimum atomic E-state index is -0.286. The summed E-state index contributed by atoms with van der Waals surface area (Å²) < 4.78 is 0. The van der Waals surface area contributed by atoms with E-state index in [1.54, 1.807) is 0 Å². The Hall–Kier alpha value is -1.51. The molecule has 0 aliphatic rings. The zero-order valence-corrected chi connectivity index (χ0v) is 10.9. The molecule has 1 unspecified atom stereocenters. The first-order valence-electron chi connectivity index (χ1n) is 6.21. The lowest BCUT2D eigenvalue weighted by atomic mass is 9.93. The van der Waals surface area contributed by atoms with Gasteiger partial charge in [0.25, 0.3) is 0 Å². The largest absolute Gasteiger partial charge is 0.373 e. The van der Waals surface area contributed by atoms with Gasteiger partial charge in [0.1, 0.15) is 6.04 Å². The zero-order valence-electron chi connectivity index (χ0n) is 10.9. The smallest absolute Gasteiger partial charge is 0.240 e. The van der Waals surface area contributed by atoms with Crippen LogP contribution in [0.5, 0.6) is 0 Å². The van der Waals surface area contributed by atoms with E-state index in [1.807, 2.05) is 31.2 Å². The maximum absolute atomic E-state index is 11.5. The molecule has 0 aliphatic heterocycles. The van der Waals surface area contributed by atoms with Crippen molar-refractivity contribution in [2.45, 2.75) is 39.7 Å². The van der Waals surface area contributed by atoms with E-state index in [9.17, 15) is 4.79 Å². The normalized spacial score (nSPS) is 12.5. The topological polar surface area (TPSA) is 55.1 Å². The number of hydrogen-bond acceptors (Lipinski definition) is 2. The van der Waals surface area contributed by atoms with Crippen LogP contribution >= 0.6 is 0 Å². The van der Waals surface area contributed by atoms with Crippen LogP contribution in [-0.4, -0.2) is 11.9 Å². The third-order valence-electron chi connectivity index (χ3n) is 3.28. The molecule has 0 aromatic heterocycles. The fourth-order valence-electron chi connectivity index (χ4n) is 2.08. The average molecular weight is 234 g/mol. The number of carbonyl (C=O) groups is 1. The SMILES string of the molecule is CCC(CC)C(Nc1ccccc1C)C(N)=O. The molecule has 1 aromatic rings. The van der Waals surface area contributed by atoms with Gasteiger partial charge in [-0.3, -0.25) is 4.79 Å². The summed E-state index contributed by atoms with van der Waals surface area (Å²) in [5.41, 5.74) is 7.60. The number of rotatable bonds is 6. The Labute approximate surface area is 103 Å². The molecule has 17 heavy (non-hydrogen) atoms. The van der Waals surface area contributed by atoms with E-state index in [0.717, 1.165) is 24.1 Å². The summed E-state index contributed by atoms with van der Waals surface area (Å²) in [6.45, 7) is 6.19. The molecule has 0 bridgehead atoms. The maximum Gasteiger partial charge on any atom is 0.240 e. The summed E-state index contributed by atoms with van der Waals surface area (Å²) in [5, 5.41) is 3.27. The molecule has 0 fully saturated rings. The number of anilines is 1. The van der Waals surface area contributed by atoms with Crippen LogP contribution in [0.3, 0.4) is 0 Å². The zero-order chi connectivity index (χ0) is 12.8. The Morgan fingerprint density at radius 1 is 1.29 bits per heavy atom. The molecule has 1 aromatic carbocycles. The second-order valence-corrected chi connectivity index (χ2v) is 4.42. The van der Waals surface area contributed by atoms with E-state index in [2.05, 4.69) is 19.2 Å². The molecule has 1 rings (SSSR count). The summed E-state index contributed by atoms with van der Waals surface area (Å²) in [6.07, 6.45) is 1.89. The van der Waals surface area contributed by atoms with Crippen LogP contribution in [0.2, 0.25) is 0 Å². The number of nitrogens with one attached hydrogen (secondary N) is 1. The van der Waals surface area contributed by atoms with Crippen LogP contribution in [0.4, 0.5) is 5.69 Å². The van der Waals surface area contributed by atoms with Gasteiger partial charge in [0.05, 0.1) is 0 Å². The Morgan fingerprint density at radius 3 is 2.35 bits per heavy atom. The van der Waals surface area contributed by atoms with Crippen LogP contribution in [-0.2, 0) is 4.79 Å². The molecular weight excluding hydrogens is 212 g/mol. The summed E-state index contributed by atoms with van der Waals surface area (Å²) >= 11 is 0. The van der Waals surface area contributed by atoms with Gasteiger partial charge in [0.15, 0.2) is 0 Å². The van der Waals surface area contributed by atoms with Crippen LogP contribution in [0.25, 0.3) is 0 Å². The van der Waals surface area contributed by atoms with Crippen molar-refractivity contribution in [3.8, 4) is 0 Å². The van der Waals surface area contributed by atoms with Gasteiger partial charge in [-0.05, 0) is 24.5 Å². The van der Waals surface area contributed by atoms with Crippen LogP contribution in [0, 0.1) is 12.8 Å². The Kier molecular flexibility index (Phi) is 5.01. The number of hydrogen-bond donors (Lipinski definition) is 2. The van der Waals surface area contributed by atoms with Gasteiger partial charge in [0.2, 0.25) is 5.91 Å². The molecule has 3 nitrogen and oxygen atoms in total. The van der Waals surface area contributed by atoms with Gasteiger partial charge < -0.3 is 11.1 Å². The van der Waals surface area contributed by atoms with E-state index in [0.29, 0.717) is 0 Å². The van der Waals surface area contributed by atoms with Crippen molar-refractivity contribution in [1.82, 2.24) is 0 Å². The number of para-hydroxylation sites is 1. The summed E-state index contributed by atoms with van der Waals surface area (Å²) in [7, 11) is 0. The summed E-state index contributed by atoms with van der Waals surface area (Å²) in [6, 6.07) is 7.66. The van der Waals surface area contributed by atoms with Crippen molar-refractivity contribution in [2.24, 2.45) is 11.7 Å². The standard InChI is InChI=1S/C14H22N2O/c1-4-11(5-2)13(14(15)17)16-12-9-7-6-8-10(12)3/h6-9,11,13,16H,4-5H2,1-3H3,(H2,15,17). The third kappa shape index (κ3) is 3.48. The van der Waals surface area contributed by atoms with Crippen LogP contribution < -0.4 is 11.1 Å². The minimum absolute atomic E-state index is 0.276. The fourth-order valence-corrected chi connectivity index (χ4v) is 2.08. The highest BCUT2D eigenvalue weighted by Gasteiger charge is 2.23. The van der Waals surface area contributed by atoms with Crippen molar-refractivity contribution in [2.75, 3.05) is 5.32 Å². The number of benzene rings is 1. The predicted octanol–water partition coefficient (Wildman–Crippen LogP) is 2.70. The number of amides is 1. The molecule has 94 valence electrons. The number of primary amides is 1. The first-order valence-corrected chi connectivity index (χ1v) is 6.21. The molecule has 1 amide bonds. The molecule has 0 aliphatic carbocycles. The highest BCUT2D eigenvalue weighted by molar-refractivity contribution is 5.83. The van der Waals surface area contributed by atoms with Crippen molar-refractivity contribution >= 4 is 11.6 Å². The summed E-state index contributed by atoms with van der Waals surface area (Å²) in [5.74, 6) is 0.00839. The maximum atomic E-state index is 11.5. The van der Waals surface area contributed by atoms with Crippen molar-refractivity contribution in [3.05, 3.63) is 29.8 Å². The number of aryl methyl sites for hydroxylation is 1. The van der Waals surface area contributed by atoms with Crippen LogP contribution in [0.15, 0.2) is 24.3 Å². The highest BCUT2D eigenvalue weighted by Crippen LogP contribution is 2.20. The number of nitrogens with two attached hydrogens (primary N) is 1. The van der Waals surface area contributed by atoms with Gasteiger partial charge in [0, 0.05) is 5.69 Å². The minimum Gasteiger partial charge on any atom is -0.373 e. The molecule has 0 spiro atoms. The number of carbonyl (C=O) groups excluding carboxylic acids is 1. The van der Waals surface area contributed by atoms with E-state index in [4.69, 9.17) is 5.73 Å². The van der Waals surface area contributed by atoms with Gasteiger partial charge in [-0.25, -0.2) is 0 Å². The van der Waals surface area contributed by atoms with Gasteiger partial charge in [-0.15, -0.1) is 0 Å². The molecule has 0 saturated heterocycles. The third-order valence-corrected chi connectivity index (χ3v) is 3.28. The molecule has 1 atom stereocenters.